The number of nitrogens with zero attached hydrogens (tertiary/aromatic N) is 2. The molecule has 0 fully saturated rings. The van der Waals surface area contributed by atoms with Gasteiger partial charge >= 0.3 is 5.69 Å². The predicted molar refractivity (Wildman–Crippen MR) is 95.4 cm³/mol. The number of rotatable bonds is 1. The first-order valence-corrected chi connectivity index (χ1v) is 9.13. The molecule has 1 aliphatic heterocycles. The zero-order valence-corrected chi connectivity index (χ0v) is 14.3. The fraction of sp³-hybridized carbons (Fsp3) is 0.250. The number of hydrogen-bond acceptors (Lipinski definition) is 4. The van der Waals surface area contributed by atoms with Gasteiger partial charge in [-0.2, -0.15) is 0 Å². The average Bonchev–Trinajstić information content (AvgIpc) is 3.03. The molecule has 1 aliphatic rings. The van der Waals surface area contributed by atoms with E-state index in [9.17, 15) is 9.59 Å². The van der Waals surface area contributed by atoms with Gasteiger partial charge in [-0.25, -0.2) is 4.79 Å². The Labute approximate surface area is 140 Å². The van der Waals surface area contributed by atoms with Crippen molar-refractivity contribution in [1.82, 2.24) is 9.13 Å². The van der Waals surface area contributed by atoms with Gasteiger partial charge in [0.25, 0.3) is 0 Å². The summed E-state index contributed by atoms with van der Waals surface area (Å²) in [5.41, 5.74) is 3.82. The molecule has 0 aliphatic carbocycles. The normalized spacial score (nSPS) is 17.8. The van der Waals surface area contributed by atoms with E-state index in [2.05, 4.69) is 17.4 Å². The largest absolute Gasteiger partial charge is 0.328 e. The number of hydrogen-bond donors (Lipinski definition) is 1. The second-order valence-electron chi connectivity index (χ2n) is 5.59. The number of anilines is 1. The van der Waals surface area contributed by atoms with Crippen molar-refractivity contribution in [2.75, 3.05) is 11.1 Å². The van der Waals surface area contributed by atoms with Gasteiger partial charge < -0.3 is 5.32 Å². The molecule has 0 unspecified atom stereocenters. The number of benzene rings is 1. The average molecular weight is 345 g/mol. The van der Waals surface area contributed by atoms with Gasteiger partial charge in [-0.05, 0) is 29.1 Å². The molecule has 118 valence electrons. The molecule has 1 aromatic carbocycles. The maximum Gasteiger partial charge on any atom is 0.328 e. The predicted octanol–water partition coefficient (Wildman–Crippen LogP) is 2.71. The molecule has 5 nitrogen and oxygen atoms in total. The standard InChI is InChI=1S/C16H15N3O2S2/c1-18-11-4-3-9(7-12(11)19(2)16(18)21)14-15-10(5-6-22-15)17-13(20)8-23-14/h3-7,14H,8H2,1-2H3,(H,17,20)/t14-/m0/s1. The first-order valence-electron chi connectivity index (χ1n) is 7.20. The summed E-state index contributed by atoms with van der Waals surface area (Å²) in [6.07, 6.45) is 0. The molecule has 0 saturated carbocycles. The Morgan fingerprint density at radius 2 is 1.91 bits per heavy atom. The SMILES string of the molecule is Cn1c(=O)n(C)c2cc([C@@H]3SCC(=O)Nc4ccsc43)ccc21. The Kier molecular flexibility index (Phi) is 3.35. The first-order chi connectivity index (χ1) is 11.1. The number of carbonyl (C=O) groups excluding carboxylic acids is 1. The van der Waals surface area contributed by atoms with Gasteiger partial charge in [-0.15, -0.1) is 23.1 Å². The number of thiophene rings is 1. The lowest BCUT2D eigenvalue weighted by Crippen LogP contribution is -2.19. The molecule has 3 heterocycles. The number of imidazole rings is 1. The van der Waals surface area contributed by atoms with Crippen LogP contribution in [0.25, 0.3) is 11.0 Å². The molecule has 1 atom stereocenters. The third kappa shape index (κ3) is 2.22. The fourth-order valence-corrected chi connectivity index (χ4v) is 5.22. The number of amides is 1. The van der Waals surface area contributed by atoms with Crippen molar-refractivity contribution in [3.05, 3.63) is 50.6 Å². The minimum atomic E-state index is -0.0284. The van der Waals surface area contributed by atoms with E-state index in [1.807, 2.05) is 17.5 Å². The topological polar surface area (TPSA) is 56.0 Å². The van der Waals surface area contributed by atoms with Crippen LogP contribution in [0.4, 0.5) is 5.69 Å². The second-order valence-corrected chi connectivity index (χ2v) is 7.63. The summed E-state index contributed by atoms with van der Waals surface area (Å²) in [5, 5.41) is 5.06. The molecule has 0 bridgehead atoms. The molecule has 1 amide bonds. The van der Waals surface area contributed by atoms with Crippen LogP contribution in [-0.2, 0) is 18.9 Å². The minimum absolute atomic E-state index is 0.0284. The summed E-state index contributed by atoms with van der Waals surface area (Å²) in [5.74, 6) is 0.461. The highest BCUT2D eigenvalue weighted by atomic mass is 32.2. The van der Waals surface area contributed by atoms with E-state index in [1.54, 1.807) is 46.3 Å². The van der Waals surface area contributed by atoms with Crippen LogP contribution in [0.5, 0.6) is 0 Å². The van der Waals surface area contributed by atoms with Gasteiger partial charge in [-0.1, -0.05) is 6.07 Å². The Bertz CT molecular complexity index is 983. The van der Waals surface area contributed by atoms with E-state index >= 15 is 0 Å². The van der Waals surface area contributed by atoms with Crippen LogP contribution in [0.3, 0.4) is 0 Å². The van der Waals surface area contributed by atoms with Crippen LogP contribution < -0.4 is 11.0 Å². The molecular weight excluding hydrogens is 330 g/mol. The van der Waals surface area contributed by atoms with E-state index < -0.39 is 0 Å². The van der Waals surface area contributed by atoms with E-state index in [0.717, 1.165) is 27.2 Å². The summed E-state index contributed by atoms with van der Waals surface area (Å²) >= 11 is 3.27. The van der Waals surface area contributed by atoms with Crippen LogP contribution in [-0.4, -0.2) is 20.8 Å². The van der Waals surface area contributed by atoms with E-state index in [1.165, 1.54) is 0 Å². The van der Waals surface area contributed by atoms with Gasteiger partial charge in [0, 0.05) is 19.0 Å². The van der Waals surface area contributed by atoms with Gasteiger partial charge in [0.2, 0.25) is 5.91 Å². The van der Waals surface area contributed by atoms with Crippen LogP contribution >= 0.6 is 23.1 Å². The highest BCUT2D eigenvalue weighted by molar-refractivity contribution is 8.00. The van der Waals surface area contributed by atoms with Crippen molar-refractivity contribution in [3.63, 3.8) is 0 Å². The molecular formula is C16H15N3O2S2. The van der Waals surface area contributed by atoms with Crippen LogP contribution in [0, 0.1) is 0 Å². The summed E-state index contributed by atoms with van der Waals surface area (Å²) in [6, 6.07) is 8.06. The van der Waals surface area contributed by atoms with Crippen molar-refractivity contribution in [1.29, 1.82) is 0 Å². The lowest BCUT2D eigenvalue weighted by Gasteiger charge is -2.14. The Morgan fingerprint density at radius 3 is 2.74 bits per heavy atom. The van der Waals surface area contributed by atoms with Crippen LogP contribution in [0.15, 0.2) is 34.4 Å². The highest BCUT2D eigenvalue weighted by Crippen LogP contribution is 2.44. The van der Waals surface area contributed by atoms with E-state index in [-0.39, 0.29) is 16.8 Å². The van der Waals surface area contributed by atoms with Crippen LogP contribution in [0.1, 0.15) is 15.7 Å². The first kappa shape index (κ1) is 14.6. The fourth-order valence-electron chi connectivity index (χ4n) is 2.98. The van der Waals surface area contributed by atoms with Crippen molar-refractivity contribution >= 4 is 45.7 Å². The third-order valence-corrected chi connectivity index (χ3v) is 6.59. The maximum atomic E-state index is 12.1. The van der Waals surface area contributed by atoms with Crippen molar-refractivity contribution in [3.8, 4) is 0 Å². The summed E-state index contributed by atoms with van der Waals surface area (Å²) < 4.78 is 3.32. The molecule has 2 aromatic heterocycles. The van der Waals surface area contributed by atoms with Gasteiger partial charge in [-0.3, -0.25) is 13.9 Å². The van der Waals surface area contributed by atoms with Crippen molar-refractivity contribution in [2.24, 2.45) is 14.1 Å². The molecule has 7 heteroatoms. The van der Waals surface area contributed by atoms with Gasteiger partial charge in [0.1, 0.15) is 0 Å². The Balaban J connectivity index is 1.88. The summed E-state index contributed by atoms with van der Waals surface area (Å²) in [7, 11) is 3.57. The molecule has 0 radical (unpaired) electrons. The number of nitrogens with one attached hydrogen (secondary N) is 1. The van der Waals surface area contributed by atoms with Crippen molar-refractivity contribution < 1.29 is 4.79 Å². The maximum absolute atomic E-state index is 12.1. The summed E-state index contributed by atoms with van der Waals surface area (Å²) in [6.45, 7) is 0. The molecule has 0 spiro atoms. The molecule has 0 saturated heterocycles. The molecule has 4 rings (SSSR count). The Hall–Kier alpha value is -1.99. The lowest BCUT2D eigenvalue weighted by molar-refractivity contribution is -0.113. The van der Waals surface area contributed by atoms with Crippen molar-refractivity contribution in [2.45, 2.75) is 5.25 Å². The lowest BCUT2D eigenvalue weighted by atomic mass is 10.1. The molecule has 3 aromatic rings. The Morgan fingerprint density at radius 1 is 1.13 bits per heavy atom. The minimum Gasteiger partial charge on any atom is -0.324 e. The van der Waals surface area contributed by atoms with Crippen LogP contribution in [0.2, 0.25) is 0 Å². The van der Waals surface area contributed by atoms with E-state index in [0.29, 0.717) is 5.75 Å². The zero-order chi connectivity index (χ0) is 16.1. The summed E-state index contributed by atoms with van der Waals surface area (Å²) in [4.78, 5) is 25.1. The smallest absolute Gasteiger partial charge is 0.324 e. The number of thioether (sulfide) groups is 1. The highest BCUT2D eigenvalue weighted by Gasteiger charge is 2.25. The second kappa shape index (κ2) is 5.28. The number of aryl methyl sites for hydroxylation is 2. The van der Waals surface area contributed by atoms with Gasteiger partial charge in [0.15, 0.2) is 0 Å². The number of carbonyl (C=O) groups is 1. The zero-order valence-electron chi connectivity index (χ0n) is 12.7. The quantitative estimate of drug-likeness (QED) is 0.738. The monoisotopic (exact) mass is 345 g/mol. The number of fused-ring (bicyclic) bond motifs is 2. The third-order valence-electron chi connectivity index (χ3n) is 4.19. The van der Waals surface area contributed by atoms with E-state index in [4.69, 9.17) is 0 Å². The number of aromatic nitrogens is 2. The molecule has 23 heavy (non-hydrogen) atoms. The van der Waals surface area contributed by atoms with Gasteiger partial charge in [0.05, 0.1) is 27.7 Å². The molecule has 1 N–H and O–H groups in total.